The molecule has 5 heteroatoms. The Bertz CT molecular complexity index is 695. The van der Waals surface area contributed by atoms with E-state index in [1.165, 1.54) is 0 Å². The average Bonchev–Trinajstić information content (AvgIpc) is 2.63. The van der Waals surface area contributed by atoms with Gasteiger partial charge in [0.2, 0.25) is 0 Å². The number of methoxy groups -OCH3 is 1. The molecule has 0 spiro atoms. The number of pyridine rings is 1. The predicted octanol–water partition coefficient (Wildman–Crippen LogP) is 3.12. The Hall–Kier alpha value is -2.56. The molecule has 0 bridgehead atoms. The molecule has 2 aromatic rings. The van der Waals surface area contributed by atoms with Gasteiger partial charge in [0, 0.05) is 37.1 Å². The van der Waals surface area contributed by atoms with Gasteiger partial charge >= 0.3 is 0 Å². The summed E-state index contributed by atoms with van der Waals surface area (Å²) in [5.74, 6) is 0.835. The molecule has 1 N–H and O–H groups in total. The first kappa shape index (κ1) is 16.3. The van der Waals surface area contributed by atoms with Crippen LogP contribution in [0.5, 0.6) is 5.75 Å². The summed E-state index contributed by atoms with van der Waals surface area (Å²) in [5, 5.41) is 3.49. The molecule has 1 amide bonds. The summed E-state index contributed by atoms with van der Waals surface area (Å²) in [6, 6.07) is 9.96. The Balaban J connectivity index is 1.59. The van der Waals surface area contributed by atoms with Crippen molar-refractivity contribution in [2.75, 3.05) is 25.5 Å². The highest BCUT2D eigenvalue weighted by Crippen LogP contribution is 2.22. The largest absolute Gasteiger partial charge is 0.496 e. The third-order valence-electron chi connectivity index (χ3n) is 4.47. The van der Waals surface area contributed by atoms with Crippen molar-refractivity contribution in [1.29, 1.82) is 0 Å². The van der Waals surface area contributed by atoms with Gasteiger partial charge < -0.3 is 15.0 Å². The second-order valence-electron chi connectivity index (χ2n) is 6.14. The molecule has 5 nitrogen and oxygen atoms in total. The van der Waals surface area contributed by atoms with Crippen molar-refractivity contribution in [3.63, 3.8) is 0 Å². The lowest BCUT2D eigenvalue weighted by molar-refractivity contribution is 0.0718. The number of carbonyl (C=O) groups excluding carboxylic acids is 1. The van der Waals surface area contributed by atoms with E-state index in [0.29, 0.717) is 11.6 Å². The van der Waals surface area contributed by atoms with E-state index in [2.05, 4.69) is 10.3 Å². The van der Waals surface area contributed by atoms with E-state index in [4.69, 9.17) is 4.74 Å². The molecular formula is C19H23N3O2. The molecule has 1 saturated heterocycles. The number of likely N-dealkylation sites (tertiary alicyclic amines) is 1. The van der Waals surface area contributed by atoms with Gasteiger partial charge in [0.25, 0.3) is 5.91 Å². The highest BCUT2D eigenvalue weighted by Gasteiger charge is 2.24. The third-order valence-corrected chi connectivity index (χ3v) is 4.47. The Morgan fingerprint density at radius 2 is 2.08 bits per heavy atom. The standard InChI is InChI=1S/C19H23N3O2/c1-14-5-6-15(12-18(14)24-2)19(23)22-10-7-16(8-11-22)21-17-4-3-9-20-13-17/h3-6,9,12-13,16,21H,7-8,10-11H2,1-2H3. The molecule has 126 valence electrons. The lowest BCUT2D eigenvalue weighted by atomic mass is 10.0. The quantitative estimate of drug-likeness (QED) is 0.938. The van der Waals surface area contributed by atoms with E-state index in [1.54, 1.807) is 13.3 Å². The zero-order chi connectivity index (χ0) is 16.9. The number of aromatic nitrogens is 1. The zero-order valence-electron chi connectivity index (χ0n) is 14.2. The fraction of sp³-hybridized carbons (Fsp3) is 0.368. The first-order valence-electron chi connectivity index (χ1n) is 8.28. The fourth-order valence-electron chi connectivity index (χ4n) is 3.05. The summed E-state index contributed by atoms with van der Waals surface area (Å²) >= 11 is 0. The first-order chi connectivity index (χ1) is 11.7. The molecule has 3 rings (SSSR count). The van der Waals surface area contributed by atoms with Crippen molar-refractivity contribution >= 4 is 11.6 Å². The number of anilines is 1. The van der Waals surface area contributed by atoms with Gasteiger partial charge in [0.1, 0.15) is 5.75 Å². The number of nitrogens with one attached hydrogen (secondary N) is 1. The van der Waals surface area contributed by atoms with Crippen LogP contribution < -0.4 is 10.1 Å². The Kier molecular flexibility index (Phi) is 4.99. The van der Waals surface area contributed by atoms with Crippen LogP contribution in [-0.2, 0) is 0 Å². The maximum atomic E-state index is 12.7. The molecule has 0 unspecified atom stereocenters. The van der Waals surface area contributed by atoms with Crippen LogP contribution in [0.25, 0.3) is 0 Å². The number of ether oxygens (including phenoxy) is 1. The maximum Gasteiger partial charge on any atom is 0.253 e. The molecule has 0 radical (unpaired) electrons. The molecule has 2 heterocycles. The van der Waals surface area contributed by atoms with Gasteiger partial charge in [0.05, 0.1) is 12.8 Å². The molecule has 1 aliphatic heterocycles. The molecule has 0 atom stereocenters. The molecule has 0 saturated carbocycles. The number of rotatable bonds is 4. The van der Waals surface area contributed by atoms with Gasteiger partial charge in [-0.25, -0.2) is 0 Å². The van der Waals surface area contributed by atoms with Crippen LogP contribution in [0.15, 0.2) is 42.7 Å². The van der Waals surface area contributed by atoms with Crippen molar-refractivity contribution in [2.24, 2.45) is 0 Å². The number of hydrogen-bond acceptors (Lipinski definition) is 4. The van der Waals surface area contributed by atoms with Gasteiger partial charge in [-0.15, -0.1) is 0 Å². The van der Waals surface area contributed by atoms with Crippen LogP contribution in [0, 0.1) is 6.92 Å². The van der Waals surface area contributed by atoms with E-state index in [9.17, 15) is 4.79 Å². The van der Waals surface area contributed by atoms with E-state index in [-0.39, 0.29) is 5.91 Å². The van der Waals surface area contributed by atoms with Crippen molar-refractivity contribution < 1.29 is 9.53 Å². The van der Waals surface area contributed by atoms with Crippen LogP contribution >= 0.6 is 0 Å². The highest BCUT2D eigenvalue weighted by atomic mass is 16.5. The minimum absolute atomic E-state index is 0.0770. The monoisotopic (exact) mass is 325 g/mol. The lowest BCUT2D eigenvalue weighted by Crippen LogP contribution is -2.42. The number of hydrogen-bond donors (Lipinski definition) is 1. The van der Waals surface area contributed by atoms with Crippen LogP contribution in [0.4, 0.5) is 5.69 Å². The van der Waals surface area contributed by atoms with Crippen LogP contribution in [0.2, 0.25) is 0 Å². The predicted molar refractivity (Wildman–Crippen MR) is 94.5 cm³/mol. The summed E-state index contributed by atoms with van der Waals surface area (Å²) in [5.41, 5.74) is 2.76. The van der Waals surface area contributed by atoms with Crippen molar-refractivity contribution in [1.82, 2.24) is 9.88 Å². The Morgan fingerprint density at radius 3 is 2.75 bits per heavy atom. The Morgan fingerprint density at radius 1 is 1.29 bits per heavy atom. The van der Waals surface area contributed by atoms with Gasteiger partial charge in [-0.2, -0.15) is 0 Å². The molecular weight excluding hydrogens is 302 g/mol. The zero-order valence-corrected chi connectivity index (χ0v) is 14.2. The molecule has 24 heavy (non-hydrogen) atoms. The number of aryl methyl sites for hydroxylation is 1. The van der Waals surface area contributed by atoms with Gasteiger partial charge in [-0.3, -0.25) is 9.78 Å². The number of amides is 1. The van der Waals surface area contributed by atoms with Crippen molar-refractivity contribution in [2.45, 2.75) is 25.8 Å². The van der Waals surface area contributed by atoms with E-state index in [1.807, 2.05) is 48.4 Å². The first-order valence-corrected chi connectivity index (χ1v) is 8.28. The number of carbonyl (C=O) groups is 1. The lowest BCUT2D eigenvalue weighted by Gasteiger charge is -2.33. The van der Waals surface area contributed by atoms with Crippen molar-refractivity contribution in [3.05, 3.63) is 53.9 Å². The maximum absolute atomic E-state index is 12.7. The SMILES string of the molecule is COc1cc(C(=O)N2CCC(Nc3cccnc3)CC2)ccc1C. The average molecular weight is 325 g/mol. The summed E-state index contributed by atoms with van der Waals surface area (Å²) < 4.78 is 5.32. The van der Waals surface area contributed by atoms with Crippen LogP contribution in [0.1, 0.15) is 28.8 Å². The smallest absolute Gasteiger partial charge is 0.253 e. The third kappa shape index (κ3) is 3.67. The van der Waals surface area contributed by atoms with Gasteiger partial charge in [0.15, 0.2) is 0 Å². The summed E-state index contributed by atoms with van der Waals surface area (Å²) in [6.07, 6.45) is 5.46. The molecule has 0 aliphatic carbocycles. The Labute approximate surface area is 142 Å². The summed E-state index contributed by atoms with van der Waals surface area (Å²) in [6.45, 7) is 3.49. The molecule has 1 fully saturated rings. The second kappa shape index (κ2) is 7.34. The fourth-order valence-corrected chi connectivity index (χ4v) is 3.05. The number of benzene rings is 1. The number of nitrogens with zero attached hydrogens (tertiary/aromatic N) is 2. The summed E-state index contributed by atoms with van der Waals surface area (Å²) in [4.78, 5) is 18.7. The topological polar surface area (TPSA) is 54.5 Å². The van der Waals surface area contributed by atoms with E-state index in [0.717, 1.165) is 42.9 Å². The van der Waals surface area contributed by atoms with Crippen LogP contribution in [0.3, 0.4) is 0 Å². The van der Waals surface area contributed by atoms with Gasteiger partial charge in [-0.1, -0.05) is 6.07 Å². The summed E-state index contributed by atoms with van der Waals surface area (Å²) in [7, 11) is 1.63. The number of piperidine rings is 1. The highest BCUT2D eigenvalue weighted by molar-refractivity contribution is 5.94. The normalized spacial score (nSPS) is 15.2. The minimum Gasteiger partial charge on any atom is -0.496 e. The second-order valence-corrected chi connectivity index (χ2v) is 6.14. The van der Waals surface area contributed by atoms with E-state index >= 15 is 0 Å². The van der Waals surface area contributed by atoms with Gasteiger partial charge in [-0.05, 0) is 49.6 Å². The van der Waals surface area contributed by atoms with Crippen molar-refractivity contribution in [3.8, 4) is 5.75 Å². The minimum atomic E-state index is 0.0770. The molecule has 1 aromatic heterocycles. The molecule has 1 aromatic carbocycles. The molecule has 1 aliphatic rings. The van der Waals surface area contributed by atoms with Crippen LogP contribution in [-0.4, -0.2) is 42.0 Å². The van der Waals surface area contributed by atoms with E-state index < -0.39 is 0 Å².